The standard InChI is InChI=1S/C5H8ClNOS/c1-4(6)2-7-5(8)3-9/h9H,1-3H2,(H,7,8). The van der Waals surface area contributed by atoms with Crippen molar-refractivity contribution in [3.8, 4) is 0 Å². The molecule has 0 saturated carbocycles. The van der Waals surface area contributed by atoms with Crippen LogP contribution in [0, 0.1) is 0 Å². The fraction of sp³-hybridized carbons (Fsp3) is 0.400. The maximum absolute atomic E-state index is 10.4. The summed E-state index contributed by atoms with van der Waals surface area (Å²) < 4.78 is 0. The van der Waals surface area contributed by atoms with Crippen LogP contribution in [0.25, 0.3) is 0 Å². The molecule has 0 fully saturated rings. The van der Waals surface area contributed by atoms with Gasteiger partial charge in [-0.3, -0.25) is 4.79 Å². The molecule has 0 aliphatic heterocycles. The first kappa shape index (κ1) is 8.85. The second-order valence-electron chi connectivity index (χ2n) is 1.45. The largest absolute Gasteiger partial charge is 0.350 e. The fourth-order valence-corrected chi connectivity index (χ4v) is 0.429. The van der Waals surface area contributed by atoms with Crippen molar-refractivity contribution in [1.82, 2.24) is 5.32 Å². The molecule has 4 heteroatoms. The molecule has 0 aliphatic rings. The van der Waals surface area contributed by atoms with Crippen molar-refractivity contribution in [3.63, 3.8) is 0 Å². The Hall–Kier alpha value is -0.150. The molecule has 0 radical (unpaired) electrons. The molecular formula is C5H8ClNOS. The second kappa shape index (κ2) is 4.70. The van der Waals surface area contributed by atoms with Crippen molar-refractivity contribution in [2.45, 2.75) is 0 Å². The molecule has 0 aromatic carbocycles. The SMILES string of the molecule is C=C(Cl)CNC(=O)CS. The molecule has 52 valence electrons. The molecule has 2 nitrogen and oxygen atoms in total. The first-order valence-corrected chi connectivity index (χ1v) is 3.38. The molecule has 9 heavy (non-hydrogen) atoms. The first-order valence-electron chi connectivity index (χ1n) is 2.37. The molecular weight excluding hydrogens is 158 g/mol. The summed E-state index contributed by atoms with van der Waals surface area (Å²) in [7, 11) is 0. The van der Waals surface area contributed by atoms with E-state index in [-0.39, 0.29) is 11.7 Å². The highest BCUT2D eigenvalue weighted by atomic mass is 35.5. The van der Waals surface area contributed by atoms with Crippen molar-refractivity contribution in [2.24, 2.45) is 0 Å². The molecule has 0 aliphatic carbocycles. The number of carbonyl (C=O) groups is 1. The monoisotopic (exact) mass is 165 g/mol. The quantitative estimate of drug-likeness (QED) is 0.595. The van der Waals surface area contributed by atoms with Gasteiger partial charge in [-0.2, -0.15) is 12.6 Å². The third-order valence-electron chi connectivity index (χ3n) is 0.621. The summed E-state index contributed by atoms with van der Waals surface area (Å²) in [5, 5.41) is 2.91. The molecule has 0 saturated heterocycles. The summed E-state index contributed by atoms with van der Waals surface area (Å²) in [4.78, 5) is 10.4. The van der Waals surface area contributed by atoms with E-state index in [1.54, 1.807) is 0 Å². The van der Waals surface area contributed by atoms with Gasteiger partial charge in [0.1, 0.15) is 0 Å². The molecule has 0 aromatic rings. The van der Waals surface area contributed by atoms with Gasteiger partial charge in [-0.25, -0.2) is 0 Å². The Kier molecular flexibility index (Phi) is 4.62. The minimum absolute atomic E-state index is 0.139. The Morgan fingerprint density at radius 2 is 2.33 bits per heavy atom. The zero-order valence-electron chi connectivity index (χ0n) is 4.85. The van der Waals surface area contributed by atoms with Crippen molar-refractivity contribution in [1.29, 1.82) is 0 Å². The van der Waals surface area contributed by atoms with Gasteiger partial charge in [-0.15, -0.1) is 0 Å². The highest BCUT2D eigenvalue weighted by molar-refractivity contribution is 7.81. The van der Waals surface area contributed by atoms with Crippen LogP contribution in [-0.4, -0.2) is 18.2 Å². The minimum Gasteiger partial charge on any atom is -0.350 e. The van der Waals surface area contributed by atoms with Crippen LogP contribution in [0.2, 0.25) is 0 Å². The maximum atomic E-state index is 10.4. The van der Waals surface area contributed by atoms with E-state index in [0.717, 1.165) is 0 Å². The Balaban J connectivity index is 3.28. The van der Waals surface area contributed by atoms with Gasteiger partial charge in [0.2, 0.25) is 5.91 Å². The average molecular weight is 166 g/mol. The Bertz CT molecular complexity index is 126. The Morgan fingerprint density at radius 1 is 1.78 bits per heavy atom. The minimum atomic E-state index is -0.139. The van der Waals surface area contributed by atoms with Gasteiger partial charge in [0.05, 0.1) is 12.3 Å². The van der Waals surface area contributed by atoms with E-state index in [9.17, 15) is 4.79 Å². The first-order chi connectivity index (χ1) is 4.16. The summed E-state index contributed by atoms with van der Waals surface area (Å²) in [5.74, 6) is 0.0459. The van der Waals surface area contributed by atoms with Crippen molar-refractivity contribution in [2.75, 3.05) is 12.3 Å². The Morgan fingerprint density at radius 3 is 2.67 bits per heavy atom. The summed E-state index contributed by atoms with van der Waals surface area (Å²) in [6, 6.07) is 0. The zero-order chi connectivity index (χ0) is 7.28. The smallest absolute Gasteiger partial charge is 0.230 e. The van der Waals surface area contributed by atoms with Crippen molar-refractivity contribution < 1.29 is 4.79 Å². The van der Waals surface area contributed by atoms with Crippen molar-refractivity contribution >= 4 is 30.1 Å². The van der Waals surface area contributed by atoms with Gasteiger partial charge in [0.15, 0.2) is 0 Å². The van der Waals surface area contributed by atoms with Gasteiger partial charge in [-0.1, -0.05) is 18.2 Å². The lowest BCUT2D eigenvalue weighted by Crippen LogP contribution is -2.25. The van der Waals surface area contributed by atoms with Gasteiger partial charge >= 0.3 is 0 Å². The van der Waals surface area contributed by atoms with Crippen LogP contribution in [0.1, 0.15) is 0 Å². The molecule has 1 N–H and O–H groups in total. The van der Waals surface area contributed by atoms with E-state index in [2.05, 4.69) is 24.5 Å². The van der Waals surface area contributed by atoms with E-state index >= 15 is 0 Å². The third kappa shape index (κ3) is 5.73. The summed E-state index contributed by atoms with van der Waals surface area (Å²) in [6.45, 7) is 3.71. The van der Waals surface area contributed by atoms with E-state index in [0.29, 0.717) is 11.6 Å². The van der Waals surface area contributed by atoms with Crippen LogP contribution >= 0.6 is 24.2 Å². The molecule has 0 heterocycles. The molecule has 0 unspecified atom stereocenters. The second-order valence-corrected chi connectivity index (χ2v) is 2.30. The van der Waals surface area contributed by atoms with Crippen molar-refractivity contribution in [3.05, 3.63) is 11.6 Å². The van der Waals surface area contributed by atoms with Crippen LogP contribution in [0.15, 0.2) is 11.6 Å². The summed E-state index contributed by atoms with van der Waals surface area (Å²) >= 11 is 9.08. The maximum Gasteiger partial charge on any atom is 0.230 e. The summed E-state index contributed by atoms with van der Waals surface area (Å²) in [6.07, 6.45) is 0. The zero-order valence-corrected chi connectivity index (χ0v) is 6.51. The predicted molar refractivity (Wildman–Crippen MR) is 41.9 cm³/mol. The van der Waals surface area contributed by atoms with Crippen LogP contribution in [-0.2, 0) is 4.79 Å². The molecule has 0 aromatic heterocycles. The molecule has 0 spiro atoms. The fourth-order valence-electron chi connectivity index (χ4n) is 0.250. The third-order valence-corrected chi connectivity index (χ3v) is 1.04. The van der Waals surface area contributed by atoms with Gasteiger partial charge in [-0.05, 0) is 0 Å². The highest BCUT2D eigenvalue weighted by Crippen LogP contribution is 1.91. The predicted octanol–water partition coefficient (Wildman–Crippen LogP) is 0.785. The number of thiol groups is 1. The average Bonchev–Trinajstić information content (AvgIpc) is 1.83. The van der Waals surface area contributed by atoms with Crippen LogP contribution in [0.5, 0.6) is 0 Å². The number of hydrogen-bond acceptors (Lipinski definition) is 2. The lowest BCUT2D eigenvalue weighted by atomic mass is 10.6. The van der Waals surface area contributed by atoms with Gasteiger partial charge < -0.3 is 5.32 Å². The number of carbonyl (C=O) groups excluding carboxylic acids is 1. The van der Waals surface area contributed by atoms with E-state index in [1.807, 2.05) is 0 Å². The van der Waals surface area contributed by atoms with Gasteiger partial charge in [0.25, 0.3) is 0 Å². The van der Waals surface area contributed by atoms with E-state index < -0.39 is 0 Å². The lowest BCUT2D eigenvalue weighted by Gasteiger charge is -1.98. The Labute approximate surface area is 64.7 Å². The molecule has 1 amide bonds. The number of halogens is 1. The number of amides is 1. The van der Waals surface area contributed by atoms with Crippen LogP contribution < -0.4 is 5.32 Å². The van der Waals surface area contributed by atoms with Crippen LogP contribution in [0.3, 0.4) is 0 Å². The van der Waals surface area contributed by atoms with E-state index in [1.165, 1.54) is 0 Å². The molecule has 0 bridgehead atoms. The lowest BCUT2D eigenvalue weighted by molar-refractivity contribution is -0.118. The van der Waals surface area contributed by atoms with Gasteiger partial charge in [0, 0.05) is 5.03 Å². The summed E-state index contributed by atoms with van der Waals surface area (Å²) in [5.41, 5.74) is 0. The molecule has 0 rings (SSSR count). The number of nitrogens with one attached hydrogen (secondary N) is 1. The number of hydrogen-bond donors (Lipinski definition) is 2. The van der Waals surface area contributed by atoms with E-state index in [4.69, 9.17) is 11.6 Å². The normalized spacial score (nSPS) is 8.67. The molecule has 0 atom stereocenters. The number of rotatable bonds is 3. The van der Waals surface area contributed by atoms with Crippen LogP contribution in [0.4, 0.5) is 0 Å². The highest BCUT2D eigenvalue weighted by Gasteiger charge is 1.94. The topological polar surface area (TPSA) is 29.1 Å².